The van der Waals surface area contributed by atoms with Gasteiger partial charge in [0.05, 0.1) is 0 Å². The molecule has 23 heavy (non-hydrogen) atoms. The van der Waals surface area contributed by atoms with Crippen molar-refractivity contribution < 1.29 is 18.3 Å². The van der Waals surface area contributed by atoms with E-state index in [1.54, 1.807) is 13.0 Å². The zero-order valence-electron chi connectivity index (χ0n) is 12.1. The van der Waals surface area contributed by atoms with Crippen LogP contribution in [0.15, 0.2) is 50.5 Å². The van der Waals surface area contributed by atoms with Gasteiger partial charge < -0.3 is 9.52 Å². The molecule has 0 radical (unpaired) electrons. The molecular weight excluding hydrogens is 322 g/mol. The van der Waals surface area contributed by atoms with E-state index in [1.165, 1.54) is 12.1 Å². The highest BCUT2D eigenvalue weighted by atomic mass is 32.2. The number of phenolic OH excluding ortho intramolecular Hbond substituents is 1. The van der Waals surface area contributed by atoms with Crippen molar-refractivity contribution in [2.75, 3.05) is 0 Å². The van der Waals surface area contributed by atoms with Crippen LogP contribution in [-0.4, -0.2) is 5.11 Å². The summed E-state index contributed by atoms with van der Waals surface area (Å²) in [6.45, 7) is 1.64. The molecule has 3 nitrogen and oxygen atoms in total. The second-order valence-electron chi connectivity index (χ2n) is 5.04. The zero-order chi connectivity index (χ0) is 16.6. The molecule has 0 unspecified atom stereocenters. The van der Waals surface area contributed by atoms with Crippen LogP contribution in [0, 0.1) is 18.6 Å². The van der Waals surface area contributed by atoms with Gasteiger partial charge in [-0.1, -0.05) is 0 Å². The Bertz CT molecular complexity index is 950. The van der Waals surface area contributed by atoms with Crippen LogP contribution in [0.2, 0.25) is 0 Å². The van der Waals surface area contributed by atoms with Crippen LogP contribution >= 0.6 is 11.8 Å². The molecule has 0 atom stereocenters. The van der Waals surface area contributed by atoms with Crippen molar-refractivity contribution in [3.05, 3.63) is 69.6 Å². The largest absolute Gasteiger partial charge is 0.508 e. The van der Waals surface area contributed by atoms with E-state index in [2.05, 4.69) is 0 Å². The number of rotatable bonds is 3. The molecule has 0 spiro atoms. The number of hydrogen-bond acceptors (Lipinski definition) is 4. The monoisotopic (exact) mass is 334 g/mol. The number of benzene rings is 2. The Morgan fingerprint density at radius 3 is 2.74 bits per heavy atom. The van der Waals surface area contributed by atoms with Gasteiger partial charge in [0, 0.05) is 27.7 Å². The Balaban J connectivity index is 2.02. The van der Waals surface area contributed by atoms with E-state index in [-0.39, 0.29) is 16.4 Å². The Morgan fingerprint density at radius 2 is 1.96 bits per heavy atom. The molecule has 0 bridgehead atoms. The molecule has 0 saturated carbocycles. The van der Waals surface area contributed by atoms with Crippen LogP contribution in [-0.2, 0) is 5.75 Å². The third-order valence-electron chi connectivity index (χ3n) is 3.49. The minimum atomic E-state index is -0.554. The van der Waals surface area contributed by atoms with E-state index in [0.717, 1.165) is 30.0 Å². The molecule has 2 aromatic carbocycles. The predicted molar refractivity (Wildman–Crippen MR) is 84.8 cm³/mol. The lowest BCUT2D eigenvalue weighted by molar-refractivity contribution is 0.468. The normalized spacial score (nSPS) is 11.1. The van der Waals surface area contributed by atoms with Crippen LogP contribution in [0.5, 0.6) is 5.75 Å². The van der Waals surface area contributed by atoms with Crippen LogP contribution in [0.25, 0.3) is 11.0 Å². The Morgan fingerprint density at radius 1 is 1.17 bits per heavy atom. The van der Waals surface area contributed by atoms with E-state index in [4.69, 9.17) is 4.42 Å². The van der Waals surface area contributed by atoms with Crippen molar-refractivity contribution in [2.45, 2.75) is 17.6 Å². The van der Waals surface area contributed by atoms with Crippen LogP contribution in [0.4, 0.5) is 8.78 Å². The molecule has 6 heteroatoms. The minimum absolute atomic E-state index is 0.0293. The van der Waals surface area contributed by atoms with Gasteiger partial charge in [-0.25, -0.2) is 13.6 Å². The lowest BCUT2D eigenvalue weighted by Gasteiger charge is -2.08. The van der Waals surface area contributed by atoms with Crippen LogP contribution in [0.1, 0.15) is 11.1 Å². The fraction of sp³-hybridized carbons (Fsp3) is 0.118. The van der Waals surface area contributed by atoms with Crippen LogP contribution in [0.3, 0.4) is 0 Å². The first-order valence-corrected chi connectivity index (χ1v) is 7.77. The third kappa shape index (κ3) is 3.07. The summed E-state index contributed by atoms with van der Waals surface area (Å²) in [6, 6.07) is 7.70. The minimum Gasteiger partial charge on any atom is -0.508 e. The predicted octanol–water partition coefficient (Wildman–Crippen LogP) is 4.38. The number of aryl methyl sites for hydroxylation is 1. The molecule has 1 aromatic heterocycles. The topological polar surface area (TPSA) is 50.4 Å². The Labute approximate surface area is 134 Å². The maximum atomic E-state index is 13.7. The van der Waals surface area contributed by atoms with Gasteiger partial charge in [0.2, 0.25) is 0 Å². The summed E-state index contributed by atoms with van der Waals surface area (Å²) >= 11 is 1.09. The van der Waals surface area contributed by atoms with Gasteiger partial charge in [0.15, 0.2) is 0 Å². The number of hydrogen-bond donors (Lipinski definition) is 1. The quantitative estimate of drug-likeness (QED) is 0.570. The maximum absolute atomic E-state index is 13.7. The average molecular weight is 334 g/mol. The number of aromatic hydroxyl groups is 1. The highest BCUT2D eigenvalue weighted by molar-refractivity contribution is 7.98. The molecular formula is C17H12F2O3S. The first-order chi connectivity index (χ1) is 11.0. The lowest BCUT2D eigenvalue weighted by Crippen LogP contribution is -2.01. The molecule has 1 N–H and O–H groups in total. The van der Waals surface area contributed by atoms with E-state index in [9.17, 15) is 18.7 Å². The highest BCUT2D eigenvalue weighted by Gasteiger charge is 2.12. The molecule has 0 aliphatic rings. The maximum Gasteiger partial charge on any atom is 0.336 e. The second-order valence-corrected chi connectivity index (χ2v) is 6.06. The molecule has 1 heterocycles. The summed E-state index contributed by atoms with van der Waals surface area (Å²) in [6.07, 6.45) is 0. The molecule has 3 aromatic rings. The van der Waals surface area contributed by atoms with E-state index in [0.29, 0.717) is 22.1 Å². The fourth-order valence-electron chi connectivity index (χ4n) is 2.28. The van der Waals surface area contributed by atoms with Crippen molar-refractivity contribution in [1.29, 1.82) is 0 Å². The number of fused-ring (bicyclic) bond motifs is 1. The van der Waals surface area contributed by atoms with Gasteiger partial charge in [0.25, 0.3) is 0 Å². The highest BCUT2D eigenvalue weighted by Crippen LogP contribution is 2.31. The Kier molecular flexibility index (Phi) is 4.09. The van der Waals surface area contributed by atoms with Gasteiger partial charge in [-0.15, -0.1) is 11.8 Å². The van der Waals surface area contributed by atoms with Crippen molar-refractivity contribution in [3.63, 3.8) is 0 Å². The number of phenols is 1. The summed E-state index contributed by atoms with van der Waals surface area (Å²) in [4.78, 5) is 11.9. The molecule has 118 valence electrons. The summed E-state index contributed by atoms with van der Waals surface area (Å²) in [7, 11) is 0. The van der Waals surface area contributed by atoms with Gasteiger partial charge >= 0.3 is 5.63 Å². The number of halogens is 2. The molecule has 0 saturated heterocycles. The van der Waals surface area contributed by atoms with Gasteiger partial charge in [-0.3, -0.25) is 0 Å². The van der Waals surface area contributed by atoms with Gasteiger partial charge in [-0.2, -0.15) is 0 Å². The molecule has 0 fully saturated rings. The smallest absolute Gasteiger partial charge is 0.336 e. The lowest BCUT2D eigenvalue weighted by atomic mass is 10.1. The molecule has 0 aliphatic carbocycles. The number of thioether (sulfide) groups is 1. The van der Waals surface area contributed by atoms with Crippen molar-refractivity contribution in [3.8, 4) is 5.75 Å². The Hall–Kier alpha value is -2.34. The van der Waals surface area contributed by atoms with E-state index < -0.39 is 17.3 Å². The van der Waals surface area contributed by atoms with Gasteiger partial charge in [-0.05, 0) is 42.8 Å². The van der Waals surface area contributed by atoms with Crippen molar-refractivity contribution >= 4 is 22.7 Å². The first kappa shape index (κ1) is 15.6. The molecule has 0 aliphatic heterocycles. The van der Waals surface area contributed by atoms with Crippen molar-refractivity contribution in [2.24, 2.45) is 0 Å². The SMILES string of the molecule is Cc1c(O)ccc2c(CSc3cc(F)ccc3F)cc(=O)oc12. The summed E-state index contributed by atoms with van der Waals surface area (Å²) < 4.78 is 32.0. The molecule has 3 rings (SSSR count). The first-order valence-electron chi connectivity index (χ1n) is 6.79. The van der Waals surface area contributed by atoms with Crippen molar-refractivity contribution in [1.82, 2.24) is 0 Å². The average Bonchev–Trinajstić information content (AvgIpc) is 2.52. The van der Waals surface area contributed by atoms with Crippen LogP contribution < -0.4 is 5.63 Å². The fourth-order valence-corrected chi connectivity index (χ4v) is 3.23. The third-order valence-corrected chi connectivity index (χ3v) is 4.57. The standard InChI is InChI=1S/C17H12F2O3S/c1-9-14(20)5-3-12-10(6-16(21)22-17(9)12)8-23-15-7-11(18)2-4-13(15)19/h2-7,20H,8H2,1H3. The zero-order valence-corrected chi connectivity index (χ0v) is 12.9. The second kappa shape index (κ2) is 6.04. The molecule has 0 amide bonds. The van der Waals surface area contributed by atoms with Gasteiger partial charge in [0.1, 0.15) is 23.0 Å². The summed E-state index contributed by atoms with van der Waals surface area (Å²) in [5, 5.41) is 10.4. The van der Waals surface area contributed by atoms with E-state index >= 15 is 0 Å². The van der Waals surface area contributed by atoms with E-state index in [1.807, 2.05) is 0 Å². The summed E-state index contributed by atoms with van der Waals surface area (Å²) in [5.74, 6) is -0.738. The summed E-state index contributed by atoms with van der Waals surface area (Å²) in [5.41, 5.74) is 0.839.